The molecule has 1 aliphatic rings. The number of nitro groups is 1. The van der Waals surface area contributed by atoms with Crippen molar-refractivity contribution in [2.75, 3.05) is 6.61 Å². The fourth-order valence-corrected chi connectivity index (χ4v) is 2.72. The maximum Gasteiger partial charge on any atom is 0.433 e. The third kappa shape index (κ3) is 3.44. The predicted molar refractivity (Wildman–Crippen MR) is 75.3 cm³/mol. The first-order valence-electron chi connectivity index (χ1n) is 7.12. The normalized spacial score (nSPS) is 21.5. The van der Waals surface area contributed by atoms with Crippen LogP contribution in [0.3, 0.4) is 0 Å². The molecule has 2 rings (SSSR count). The largest absolute Gasteiger partial charge is 0.450 e. The van der Waals surface area contributed by atoms with Gasteiger partial charge < -0.3 is 14.1 Å². The molecular formula is C14H18N2O6. The second-order valence-electron chi connectivity index (χ2n) is 5.40. The Morgan fingerprint density at radius 3 is 2.55 bits per heavy atom. The standard InChI is InChI=1S/C14H18N2O6/c1-9-4-3-5-10(2)15(9)12(17)8-21-14(18)11-6-7-13(22-11)16(19)20/h6-7,9-10H,3-5,8H2,1-2H3/t9-,10-/m1/s1. The van der Waals surface area contributed by atoms with Gasteiger partial charge in [0.1, 0.15) is 4.92 Å². The Morgan fingerprint density at radius 2 is 2.00 bits per heavy atom. The van der Waals surface area contributed by atoms with Gasteiger partial charge in [-0.3, -0.25) is 14.9 Å². The number of rotatable bonds is 4. The summed E-state index contributed by atoms with van der Waals surface area (Å²) >= 11 is 0. The number of esters is 1. The zero-order valence-electron chi connectivity index (χ0n) is 12.5. The van der Waals surface area contributed by atoms with Gasteiger partial charge >= 0.3 is 11.9 Å². The maximum atomic E-state index is 12.2. The van der Waals surface area contributed by atoms with Crippen LogP contribution in [0, 0.1) is 10.1 Å². The van der Waals surface area contributed by atoms with Gasteiger partial charge in [-0.2, -0.15) is 0 Å². The van der Waals surface area contributed by atoms with E-state index in [1.807, 2.05) is 13.8 Å². The minimum absolute atomic E-state index is 0.111. The molecule has 8 nitrogen and oxygen atoms in total. The molecule has 1 amide bonds. The number of carbonyl (C=O) groups excluding carboxylic acids is 2. The lowest BCUT2D eigenvalue weighted by molar-refractivity contribution is -0.402. The first-order chi connectivity index (χ1) is 10.4. The summed E-state index contributed by atoms with van der Waals surface area (Å²) in [7, 11) is 0. The number of carbonyl (C=O) groups is 2. The molecule has 2 atom stereocenters. The molecule has 22 heavy (non-hydrogen) atoms. The van der Waals surface area contributed by atoms with Crippen LogP contribution in [-0.4, -0.2) is 40.4 Å². The van der Waals surface area contributed by atoms with Gasteiger partial charge in [0.15, 0.2) is 6.61 Å². The molecule has 0 N–H and O–H groups in total. The minimum atomic E-state index is -0.890. The summed E-state index contributed by atoms with van der Waals surface area (Å²) in [6, 6.07) is 2.43. The van der Waals surface area contributed by atoms with Crippen molar-refractivity contribution >= 4 is 17.8 Å². The molecular weight excluding hydrogens is 292 g/mol. The zero-order chi connectivity index (χ0) is 16.3. The molecule has 0 radical (unpaired) electrons. The average Bonchev–Trinajstić information content (AvgIpc) is 2.94. The van der Waals surface area contributed by atoms with Crippen molar-refractivity contribution in [3.63, 3.8) is 0 Å². The van der Waals surface area contributed by atoms with Gasteiger partial charge in [-0.05, 0) is 39.2 Å². The van der Waals surface area contributed by atoms with E-state index in [4.69, 9.17) is 9.15 Å². The summed E-state index contributed by atoms with van der Waals surface area (Å²) in [5.41, 5.74) is 0. The molecule has 0 bridgehead atoms. The third-order valence-corrected chi connectivity index (χ3v) is 3.78. The molecule has 1 saturated heterocycles. The summed E-state index contributed by atoms with van der Waals surface area (Å²) in [5, 5.41) is 10.5. The number of nitrogens with zero attached hydrogens (tertiary/aromatic N) is 2. The highest BCUT2D eigenvalue weighted by atomic mass is 16.7. The van der Waals surface area contributed by atoms with E-state index in [0.717, 1.165) is 31.4 Å². The molecule has 120 valence electrons. The third-order valence-electron chi connectivity index (χ3n) is 3.78. The fraction of sp³-hybridized carbons (Fsp3) is 0.571. The first-order valence-corrected chi connectivity index (χ1v) is 7.12. The lowest BCUT2D eigenvalue weighted by Crippen LogP contribution is -2.49. The molecule has 0 aliphatic carbocycles. The SMILES string of the molecule is C[C@@H]1CCC[C@@H](C)N1C(=O)COC(=O)c1ccc([N+](=O)[O-])o1. The quantitative estimate of drug-likeness (QED) is 0.479. The minimum Gasteiger partial charge on any atom is -0.450 e. The van der Waals surface area contributed by atoms with Gasteiger partial charge in [-0.15, -0.1) is 0 Å². The topological polar surface area (TPSA) is 103 Å². The Morgan fingerprint density at radius 1 is 1.36 bits per heavy atom. The van der Waals surface area contributed by atoms with Crippen molar-refractivity contribution in [2.24, 2.45) is 0 Å². The van der Waals surface area contributed by atoms with Crippen LogP contribution in [0.1, 0.15) is 43.7 Å². The molecule has 0 aromatic carbocycles. The highest BCUT2D eigenvalue weighted by Crippen LogP contribution is 2.22. The average molecular weight is 310 g/mol. The van der Waals surface area contributed by atoms with Gasteiger partial charge in [0.2, 0.25) is 5.76 Å². The van der Waals surface area contributed by atoms with E-state index in [0.29, 0.717) is 0 Å². The Bertz CT molecular complexity index is 572. The number of hydrogen-bond acceptors (Lipinski definition) is 6. The van der Waals surface area contributed by atoms with Crippen molar-refractivity contribution < 1.29 is 23.7 Å². The van der Waals surface area contributed by atoms with Crippen molar-refractivity contribution in [1.82, 2.24) is 4.90 Å². The lowest BCUT2D eigenvalue weighted by Gasteiger charge is -2.38. The fourth-order valence-electron chi connectivity index (χ4n) is 2.72. The molecule has 1 fully saturated rings. The second kappa shape index (κ2) is 6.59. The summed E-state index contributed by atoms with van der Waals surface area (Å²) < 4.78 is 9.61. The van der Waals surface area contributed by atoms with Gasteiger partial charge in [0.05, 0.1) is 6.07 Å². The molecule has 0 spiro atoms. The van der Waals surface area contributed by atoms with Crippen molar-refractivity contribution in [1.29, 1.82) is 0 Å². The number of amides is 1. The Hall–Kier alpha value is -2.38. The van der Waals surface area contributed by atoms with Crippen LogP contribution in [0.15, 0.2) is 16.5 Å². The van der Waals surface area contributed by atoms with Crippen LogP contribution < -0.4 is 0 Å². The summed E-state index contributed by atoms with van der Waals surface area (Å²) in [4.78, 5) is 35.4. The molecule has 8 heteroatoms. The highest BCUT2D eigenvalue weighted by molar-refractivity contribution is 5.89. The highest BCUT2D eigenvalue weighted by Gasteiger charge is 2.29. The molecule has 1 aliphatic heterocycles. The van der Waals surface area contributed by atoms with E-state index in [2.05, 4.69) is 0 Å². The number of furan rings is 1. The Kier molecular flexibility index (Phi) is 4.79. The number of hydrogen-bond donors (Lipinski definition) is 0. The first kappa shape index (κ1) is 16.0. The number of piperidine rings is 1. The van der Waals surface area contributed by atoms with E-state index in [1.54, 1.807) is 4.90 Å². The number of likely N-dealkylation sites (tertiary alicyclic amines) is 1. The molecule has 0 saturated carbocycles. The van der Waals surface area contributed by atoms with Gasteiger partial charge in [0.25, 0.3) is 5.91 Å². The van der Waals surface area contributed by atoms with Gasteiger partial charge in [0, 0.05) is 12.1 Å². The molecule has 2 heterocycles. The van der Waals surface area contributed by atoms with E-state index in [-0.39, 0.29) is 23.8 Å². The summed E-state index contributed by atoms with van der Waals surface area (Å²) in [6.45, 7) is 3.53. The van der Waals surface area contributed by atoms with Gasteiger partial charge in [-0.25, -0.2) is 4.79 Å². The van der Waals surface area contributed by atoms with Crippen LogP contribution in [0.5, 0.6) is 0 Å². The molecule has 1 aromatic heterocycles. The summed E-state index contributed by atoms with van der Waals surface area (Å²) in [6.07, 6.45) is 2.92. The monoisotopic (exact) mass is 310 g/mol. The van der Waals surface area contributed by atoms with E-state index < -0.39 is 23.4 Å². The molecule has 0 unspecified atom stereocenters. The summed E-state index contributed by atoms with van der Waals surface area (Å²) in [5.74, 6) is -2.00. The van der Waals surface area contributed by atoms with Crippen molar-refractivity contribution in [3.8, 4) is 0 Å². The van der Waals surface area contributed by atoms with Crippen molar-refractivity contribution in [3.05, 3.63) is 28.0 Å². The van der Waals surface area contributed by atoms with Crippen LogP contribution >= 0.6 is 0 Å². The van der Waals surface area contributed by atoms with Gasteiger partial charge in [-0.1, -0.05) is 0 Å². The van der Waals surface area contributed by atoms with Crippen LogP contribution in [0.2, 0.25) is 0 Å². The van der Waals surface area contributed by atoms with Crippen LogP contribution in [-0.2, 0) is 9.53 Å². The van der Waals surface area contributed by atoms with E-state index in [1.165, 1.54) is 0 Å². The van der Waals surface area contributed by atoms with Crippen LogP contribution in [0.4, 0.5) is 5.88 Å². The lowest BCUT2D eigenvalue weighted by atomic mass is 9.97. The Balaban J connectivity index is 1.92. The van der Waals surface area contributed by atoms with E-state index >= 15 is 0 Å². The Labute approximate surface area is 127 Å². The maximum absolute atomic E-state index is 12.2. The number of ether oxygens (including phenoxy) is 1. The van der Waals surface area contributed by atoms with E-state index in [9.17, 15) is 19.7 Å². The predicted octanol–water partition coefficient (Wildman–Crippen LogP) is 2.13. The molecule has 1 aromatic rings. The van der Waals surface area contributed by atoms with Crippen molar-refractivity contribution in [2.45, 2.75) is 45.2 Å². The second-order valence-corrected chi connectivity index (χ2v) is 5.40. The zero-order valence-corrected chi connectivity index (χ0v) is 12.5. The van der Waals surface area contributed by atoms with Crippen LogP contribution in [0.25, 0.3) is 0 Å². The smallest absolute Gasteiger partial charge is 0.433 e.